The Hall–Kier alpha value is -3.38. The number of aliphatic imine (C=N–C) groups is 1. The van der Waals surface area contributed by atoms with Crippen LogP contribution in [0.25, 0.3) is 0 Å². The van der Waals surface area contributed by atoms with Crippen molar-refractivity contribution in [3.8, 4) is 0 Å². The van der Waals surface area contributed by atoms with Gasteiger partial charge in [0.2, 0.25) is 6.17 Å². The van der Waals surface area contributed by atoms with Crippen LogP contribution in [0.4, 0.5) is 36.4 Å². The summed E-state index contributed by atoms with van der Waals surface area (Å²) >= 11 is 0. The highest BCUT2D eigenvalue weighted by Crippen LogP contribution is 2.47. The average Bonchev–Trinajstić information content (AvgIpc) is 2.73. The molecule has 0 spiro atoms. The molecule has 0 heterocycles. The Morgan fingerprint density at radius 2 is 1.31 bits per heavy atom. The number of carbonyl (C=O) groups excluding carboxylic acids is 2. The van der Waals surface area contributed by atoms with Crippen LogP contribution >= 0.6 is 0 Å². The molecule has 0 bridgehead atoms. The molecule has 0 aliphatic heterocycles. The monoisotopic (exact) mass is 459 g/mol. The fourth-order valence-electron chi connectivity index (χ4n) is 3.54. The molecule has 0 radical (unpaired) electrons. The number of Topliss-reactive ketones (excluding diaryl/α,β-unsaturated/α-hetero) is 2. The van der Waals surface area contributed by atoms with Crippen molar-refractivity contribution in [3.63, 3.8) is 0 Å². The summed E-state index contributed by atoms with van der Waals surface area (Å²) in [6.45, 7) is 0. The lowest BCUT2D eigenvalue weighted by molar-refractivity contribution is -0.109. The Morgan fingerprint density at radius 3 is 1.81 bits per heavy atom. The van der Waals surface area contributed by atoms with Crippen LogP contribution < -0.4 is 0 Å². The van der Waals surface area contributed by atoms with Crippen LogP contribution in [0.15, 0.2) is 46.5 Å². The maximum absolute atomic E-state index is 15.4. The van der Waals surface area contributed by atoms with Crippen molar-refractivity contribution in [3.05, 3.63) is 75.9 Å². The van der Waals surface area contributed by atoms with Crippen LogP contribution in [0, 0.1) is 23.3 Å². The van der Waals surface area contributed by atoms with Crippen molar-refractivity contribution in [2.45, 2.75) is 17.9 Å². The minimum atomic E-state index is -4.51. The van der Waals surface area contributed by atoms with Gasteiger partial charge in [0.1, 0.15) is 11.4 Å². The zero-order chi connectivity index (χ0) is 23.7. The van der Waals surface area contributed by atoms with E-state index < -0.39 is 86.4 Å². The van der Waals surface area contributed by atoms with E-state index in [1.54, 1.807) is 0 Å². The smallest absolute Gasteiger partial charge is 0.280 e. The molecule has 2 aliphatic rings. The third-order valence-electron chi connectivity index (χ3n) is 5.04. The van der Waals surface area contributed by atoms with Gasteiger partial charge in [0.25, 0.3) is 11.7 Å². The summed E-state index contributed by atoms with van der Waals surface area (Å²) in [5.74, 6) is -20.8. The van der Waals surface area contributed by atoms with Crippen molar-refractivity contribution >= 4 is 23.0 Å². The van der Waals surface area contributed by atoms with Gasteiger partial charge in [0.15, 0.2) is 34.8 Å². The van der Waals surface area contributed by atoms with Gasteiger partial charge in [0.05, 0.1) is 11.1 Å². The predicted octanol–water partition coefficient (Wildman–Crippen LogP) is 3.36. The number of benzene rings is 2. The number of alkyl halides is 3. The minimum Gasteiger partial charge on any atom is -0.355 e. The number of nitrogens with zero attached hydrogens (tertiary/aromatic N) is 1. The molecule has 32 heavy (non-hydrogen) atoms. The standard InChI is InChI=1S/C20H8F7NO4/c21-8-5-9(22)13(24)14(12(8)23)28-18-17(25)19(26,31)10-11(20(18,27)32)16(30)7-4-2-1-3-6(7)15(10)29/h1-5,17,31-32H. The molecular weight excluding hydrogens is 451 g/mol. The Morgan fingerprint density at radius 1 is 0.844 bits per heavy atom. The second-order valence-electron chi connectivity index (χ2n) is 6.93. The van der Waals surface area contributed by atoms with Crippen molar-refractivity contribution in [1.29, 1.82) is 0 Å². The highest BCUT2D eigenvalue weighted by Gasteiger charge is 2.65. The molecule has 0 fully saturated rings. The second-order valence-corrected chi connectivity index (χ2v) is 6.93. The number of fused-ring (bicyclic) bond motifs is 1. The molecular formula is C20H8F7NO4. The van der Waals surface area contributed by atoms with Gasteiger partial charge in [-0.3, -0.25) is 9.59 Å². The third kappa shape index (κ3) is 2.76. The Labute approximate surface area is 173 Å². The quantitative estimate of drug-likeness (QED) is 0.506. The predicted molar refractivity (Wildman–Crippen MR) is 92.5 cm³/mol. The van der Waals surface area contributed by atoms with E-state index in [4.69, 9.17) is 0 Å². The van der Waals surface area contributed by atoms with E-state index in [0.717, 1.165) is 12.1 Å². The Kier molecular flexibility index (Phi) is 4.65. The molecule has 4 rings (SSSR count). The molecule has 2 N–H and O–H groups in total. The van der Waals surface area contributed by atoms with Crippen molar-refractivity contribution in [1.82, 2.24) is 0 Å². The van der Waals surface area contributed by atoms with E-state index in [-0.39, 0.29) is 6.07 Å². The van der Waals surface area contributed by atoms with E-state index >= 15 is 8.78 Å². The van der Waals surface area contributed by atoms with Crippen LogP contribution in [0.3, 0.4) is 0 Å². The van der Waals surface area contributed by atoms with Crippen molar-refractivity contribution < 1.29 is 50.5 Å². The SMILES string of the molecule is O=C1C2=C(C(=O)c3ccccc31)C(O)(F)C(F)C(=Nc1c(F)c(F)cc(F)c1F)C2(O)F. The zero-order valence-corrected chi connectivity index (χ0v) is 15.3. The lowest BCUT2D eigenvalue weighted by Gasteiger charge is -2.40. The summed E-state index contributed by atoms with van der Waals surface area (Å²) < 4.78 is 100.0. The molecule has 0 saturated heterocycles. The summed E-state index contributed by atoms with van der Waals surface area (Å²) in [5, 5.41) is 20.3. The van der Waals surface area contributed by atoms with Gasteiger partial charge < -0.3 is 10.2 Å². The zero-order valence-electron chi connectivity index (χ0n) is 15.3. The van der Waals surface area contributed by atoms with E-state index in [1.807, 2.05) is 0 Å². The number of hydrogen-bond acceptors (Lipinski definition) is 5. The molecule has 2 aromatic rings. The minimum absolute atomic E-state index is 0.254. The fourth-order valence-corrected chi connectivity index (χ4v) is 3.54. The van der Waals surface area contributed by atoms with Gasteiger partial charge in [-0.1, -0.05) is 24.3 Å². The highest BCUT2D eigenvalue weighted by molar-refractivity contribution is 6.31. The summed E-state index contributed by atoms with van der Waals surface area (Å²) in [4.78, 5) is 28.0. The van der Waals surface area contributed by atoms with E-state index in [1.165, 1.54) is 12.1 Å². The van der Waals surface area contributed by atoms with Crippen LogP contribution in [-0.2, 0) is 0 Å². The number of aliphatic hydroxyl groups is 2. The molecule has 0 amide bonds. The lowest BCUT2D eigenvalue weighted by atomic mass is 9.71. The normalized spacial score (nSPS) is 28.8. The molecule has 166 valence electrons. The van der Waals surface area contributed by atoms with Crippen molar-refractivity contribution in [2.75, 3.05) is 0 Å². The van der Waals surface area contributed by atoms with Crippen molar-refractivity contribution in [2.24, 2.45) is 4.99 Å². The number of rotatable bonds is 1. The number of halogens is 7. The van der Waals surface area contributed by atoms with Gasteiger partial charge in [-0.25, -0.2) is 31.3 Å². The number of ketones is 2. The van der Waals surface area contributed by atoms with Crippen LogP contribution in [0.2, 0.25) is 0 Å². The Balaban J connectivity index is 2.04. The van der Waals surface area contributed by atoms with Gasteiger partial charge >= 0.3 is 0 Å². The topological polar surface area (TPSA) is 87.0 Å². The molecule has 0 saturated carbocycles. The van der Waals surface area contributed by atoms with Gasteiger partial charge in [-0.15, -0.1) is 0 Å². The average molecular weight is 459 g/mol. The largest absolute Gasteiger partial charge is 0.355 e. The molecule has 0 aromatic heterocycles. The molecule has 5 nitrogen and oxygen atoms in total. The van der Waals surface area contributed by atoms with Gasteiger partial charge in [-0.05, 0) is 0 Å². The summed E-state index contributed by atoms with van der Waals surface area (Å²) in [5.41, 5.74) is -8.94. The maximum Gasteiger partial charge on any atom is 0.280 e. The summed E-state index contributed by atoms with van der Waals surface area (Å²) in [7, 11) is 0. The first-order valence-electron chi connectivity index (χ1n) is 8.64. The first-order valence-corrected chi connectivity index (χ1v) is 8.64. The Bertz CT molecular complexity index is 1260. The first-order chi connectivity index (χ1) is 14.8. The van der Waals surface area contributed by atoms with Gasteiger partial charge in [-0.2, -0.15) is 4.39 Å². The maximum atomic E-state index is 15.4. The molecule has 12 heteroatoms. The van der Waals surface area contributed by atoms with Crippen LogP contribution in [0.5, 0.6) is 0 Å². The number of hydrogen-bond donors (Lipinski definition) is 2. The third-order valence-corrected chi connectivity index (χ3v) is 5.04. The number of carbonyl (C=O) groups is 2. The van der Waals surface area contributed by atoms with Gasteiger partial charge in [0, 0.05) is 17.2 Å². The summed E-state index contributed by atoms with van der Waals surface area (Å²) in [6.07, 6.45) is -3.82. The van der Waals surface area contributed by atoms with Crippen LogP contribution in [0.1, 0.15) is 20.7 Å². The fraction of sp³-hybridized carbons (Fsp3) is 0.150. The van der Waals surface area contributed by atoms with E-state index in [2.05, 4.69) is 4.99 Å². The van der Waals surface area contributed by atoms with Crippen LogP contribution in [-0.4, -0.2) is 45.4 Å². The summed E-state index contributed by atoms with van der Waals surface area (Å²) in [6, 6.07) is 4.15. The highest BCUT2D eigenvalue weighted by atomic mass is 19.2. The van der Waals surface area contributed by atoms with E-state index in [9.17, 15) is 41.8 Å². The molecule has 3 atom stereocenters. The van der Waals surface area contributed by atoms with E-state index in [0.29, 0.717) is 0 Å². The molecule has 2 aromatic carbocycles. The molecule has 2 aliphatic carbocycles. The lowest BCUT2D eigenvalue weighted by Crippen LogP contribution is -2.60. The second kappa shape index (κ2) is 6.81. The first kappa shape index (κ1) is 21.8. The molecule has 3 unspecified atom stereocenters.